The van der Waals surface area contributed by atoms with E-state index >= 15 is 0 Å². The van der Waals surface area contributed by atoms with Crippen molar-refractivity contribution >= 4 is 11.7 Å². The Morgan fingerprint density at radius 1 is 1.36 bits per heavy atom. The lowest BCUT2D eigenvalue weighted by Gasteiger charge is -2.31. The lowest BCUT2D eigenvalue weighted by molar-refractivity contribution is -0.00532. The first-order valence-electron chi connectivity index (χ1n) is 8.98. The van der Waals surface area contributed by atoms with E-state index in [0.29, 0.717) is 50.7 Å². The van der Waals surface area contributed by atoms with Crippen LogP contribution in [0.1, 0.15) is 24.6 Å². The minimum absolute atomic E-state index is 0.0516. The van der Waals surface area contributed by atoms with Gasteiger partial charge in [0.1, 0.15) is 18.2 Å². The number of methoxy groups -OCH3 is 1. The molecule has 2 heterocycles. The van der Waals surface area contributed by atoms with Gasteiger partial charge in [-0.3, -0.25) is 0 Å². The van der Waals surface area contributed by atoms with Gasteiger partial charge >= 0.3 is 6.03 Å². The number of benzene rings is 1. The van der Waals surface area contributed by atoms with Crippen molar-refractivity contribution in [1.29, 1.82) is 0 Å². The molecule has 1 aromatic heterocycles. The first-order valence-corrected chi connectivity index (χ1v) is 8.98. The van der Waals surface area contributed by atoms with Gasteiger partial charge in [-0.05, 0) is 25.0 Å². The molecular formula is C18H22F2N4O4. The summed E-state index contributed by atoms with van der Waals surface area (Å²) in [5, 5.41) is 6.24. The van der Waals surface area contributed by atoms with Crippen molar-refractivity contribution in [1.82, 2.24) is 15.0 Å². The van der Waals surface area contributed by atoms with E-state index in [0.717, 1.165) is 18.2 Å². The summed E-state index contributed by atoms with van der Waals surface area (Å²) in [4.78, 5) is 18.0. The zero-order valence-corrected chi connectivity index (χ0v) is 15.5. The van der Waals surface area contributed by atoms with E-state index in [1.165, 1.54) is 0 Å². The first-order chi connectivity index (χ1) is 13.5. The Balaban J connectivity index is 1.42. The van der Waals surface area contributed by atoms with Gasteiger partial charge in [0.25, 0.3) is 5.89 Å². The van der Waals surface area contributed by atoms with Crippen LogP contribution in [0.25, 0.3) is 0 Å². The van der Waals surface area contributed by atoms with Gasteiger partial charge in [-0.25, -0.2) is 13.6 Å². The molecule has 1 N–H and O–H groups in total. The van der Waals surface area contributed by atoms with Gasteiger partial charge in [-0.2, -0.15) is 4.98 Å². The average molecular weight is 396 g/mol. The summed E-state index contributed by atoms with van der Waals surface area (Å²) < 4.78 is 42.7. The molecule has 1 fully saturated rings. The highest BCUT2D eigenvalue weighted by Gasteiger charge is 2.24. The monoisotopic (exact) mass is 396 g/mol. The summed E-state index contributed by atoms with van der Waals surface area (Å²) in [7, 11) is 1.60. The molecule has 1 aliphatic rings. The number of nitrogens with one attached hydrogen (secondary N) is 1. The predicted molar refractivity (Wildman–Crippen MR) is 94.6 cm³/mol. The van der Waals surface area contributed by atoms with Gasteiger partial charge in [0.15, 0.2) is 5.82 Å². The number of carbonyl (C=O) groups excluding carboxylic acids is 1. The summed E-state index contributed by atoms with van der Waals surface area (Å²) >= 11 is 0. The second-order valence-electron chi connectivity index (χ2n) is 6.40. The second kappa shape index (κ2) is 9.56. The maximum Gasteiger partial charge on any atom is 0.321 e. The maximum atomic E-state index is 13.6. The molecule has 152 valence electrons. The molecule has 0 aliphatic carbocycles. The largest absolute Gasteiger partial charge is 0.384 e. The molecule has 1 aliphatic heterocycles. The third-order valence-electron chi connectivity index (χ3n) is 4.38. The molecule has 0 radical (unpaired) electrons. The highest BCUT2D eigenvalue weighted by atomic mass is 19.1. The summed E-state index contributed by atoms with van der Waals surface area (Å²) in [6, 6.07) is 2.46. The molecule has 28 heavy (non-hydrogen) atoms. The Labute approximate surface area is 160 Å². The smallest absolute Gasteiger partial charge is 0.321 e. The van der Waals surface area contributed by atoms with Gasteiger partial charge in [0, 0.05) is 32.7 Å². The molecule has 2 aromatic rings. The number of piperidine rings is 1. The Morgan fingerprint density at radius 3 is 2.89 bits per heavy atom. The molecule has 1 aromatic carbocycles. The molecule has 1 saturated heterocycles. The van der Waals surface area contributed by atoms with Crippen molar-refractivity contribution in [3.05, 3.63) is 41.5 Å². The van der Waals surface area contributed by atoms with Crippen LogP contribution in [0.2, 0.25) is 0 Å². The van der Waals surface area contributed by atoms with Gasteiger partial charge < -0.3 is 24.2 Å². The third kappa shape index (κ3) is 5.46. The van der Waals surface area contributed by atoms with Crippen molar-refractivity contribution < 1.29 is 27.6 Å². The molecule has 0 saturated carbocycles. The number of hydrogen-bond donors (Lipinski definition) is 1. The molecule has 3 rings (SSSR count). The number of rotatable bonds is 7. The zero-order valence-electron chi connectivity index (χ0n) is 15.5. The van der Waals surface area contributed by atoms with Gasteiger partial charge in [0.2, 0.25) is 0 Å². The standard InChI is InChI=1S/C18H22F2N4O4/c1-26-9-6-16-22-17(28-23-16)11-27-13-4-7-24(8-5-13)18(25)21-15-10-12(19)2-3-14(15)20/h2-3,10,13H,4-9,11H2,1H3,(H,21,25). The van der Waals surface area contributed by atoms with Crippen LogP contribution in [0.5, 0.6) is 0 Å². The van der Waals surface area contributed by atoms with Crippen molar-refractivity contribution in [2.24, 2.45) is 0 Å². The zero-order chi connectivity index (χ0) is 19.9. The third-order valence-corrected chi connectivity index (χ3v) is 4.38. The molecule has 0 unspecified atom stereocenters. The minimum atomic E-state index is -0.683. The fourth-order valence-corrected chi connectivity index (χ4v) is 2.85. The number of likely N-dealkylation sites (tertiary alicyclic amines) is 1. The van der Waals surface area contributed by atoms with E-state index in [2.05, 4.69) is 15.5 Å². The van der Waals surface area contributed by atoms with Crippen LogP contribution in [-0.2, 0) is 22.5 Å². The first kappa shape index (κ1) is 20.2. The summed E-state index contributed by atoms with van der Waals surface area (Å²) in [5.41, 5.74) is -0.177. The number of amides is 2. The molecule has 8 nitrogen and oxygen atoms in total. The SMILES string of the molecule is COCCc1noc(COC2CCN(C(=O)Nc3cc(F)ccc3F)CC2)n1. The molecule has 0 atom stereocenters. The van der Waals surface area contributed by atoms with Crippen LogP contribution in [0.15, 0.2) is 22.7 Å². The molecular weight excluding hydrogens is 374 g/mol. The second-order valence-corrected chi connectivity index (χ2v) is 6.40. The molecule has 0 bridgehead atoms. The van der Waals surface area contributed by atoms with E-state index < -0.39 is 17.7 Å². The highest BCUT2D eigenvalue weighted by Crippen LogP contribution is 2.19. The summed E-state index contributed by atoms with van der Waals surface area (Å²) in [5.74, 6) is -0.336. The number of carbonyl (C=O) groups is 1. The van der Waals surface area contributed by atoms with E-state index in [1.807, 2.05) is 0 Å². The Kier molecular flexibility index (Phi) is 6.88. The minimum Gasteiger partial charge on any atom is -0.384 e. The number of halogens is 2. The molecule has 10 heteroatoms. The van der Waals surface area contributed by atoms with Crippen LogP contribution >= 0.6 is 0 Å². The van der Waals surface area contributed by atoms with E-state index in [9.17, 15) is 13.6 Å². The van der Waals surface area contributed by atoms with Crippen LogP contribution < -0.4 is 5.32 Å². The number of urea groups is 1. The summed E-state index contributed by atoms with van der Waals surface area (Å²) in [6.07, 6.45) is 1.75. The average Bonchev–Trinajstić information content (AvgIpc) is 3.16. The van der Waals surface area contributed by atoms with Crippen LogP contribution in [0.3, 0.4) is 0 Å². The number of aromatic nitrogens is 2. The lowest BCUT2D eigenvalue weighted by Crippen LogP contribution is -2.43. The fourth-order valence-electron chi connectivity index (χ4n) is 2.85. The van der Waals surface area contributed by atoms with Gasteiger partial charge in [-0.1, -0.05) is 5.16 Å². The topological polar surface area (TPSA) is 89.7 Å². The van der Waals surface area contributed by atoms with Crippen molar-refractivity contribution in [2.45, 2.75) is 32.0 Å². The maximum absolute atomic E-state index is 13.6. The number of anilines is 1. The van der Waals surface area contributed by atoms with Crippen LogP contribution in [0.4, 0.5) is 19.3 Å². The van der Waals surface area contributed by atoms with E-state index in [-0.39, 0.29) is 18.4 Å². The Bertz CT molecular complexity index is 794. The predicted octanol–water partition coefficient (Wildman–Crippen LogP) is 2.75. The normalized spacial score (nSPS) is 15.0. The van der Waals surface area contributed by atoms with Crippen LogP contribution in [-0.4, -0.2) is 54.0 Å². The molecule has 2 amide bonds. The molecule has 0 spiro atoms. The number of hydrogen-bond acceptors (Lipinski definition) is 6. The van der Waals surface area contributed by atoms with Crippen molar-refractivity contribution in [3.63, 3.8) is 0 Å². The van der Waals surface area contributed by atoms with E-state index in [4.69, 9.17) is 14.0 Å². The lowest BCUT2D eigenvalue weighted by atomic mass is 10.1. The number of ether oxygens (including phenoxy) is 2. The van der Waals surface area contributed by atoms with Crippen molar-refractivity contribution in [3.8, 4) is 0 Å². The van der Waals surface area contributed by atoms with Crippen LogP contribution in [0, 0.1) is 11.6 Å². The fraction of sp³-hybridized carbons (Fsp3) is 0.500. The Hall–Kier alpha value is -2.59. The van der Waals surface area contributed by atoms with Gasteiger partial charge in [0.05, 0.1) is 18.4 Å². The summed E-state index contributed by atoms with van der Waals surface area (Å²) in [6.45, 7) is 1.60. The Morgan fingerprint density at radius 2 is 2.14 bits per heavy atom. The van der Waals surface area contributed by atoms with E-state index in [1.54, 1.807) is 12.0 Å². The van der Waals surface area contributed by atoms with Gasteiger partial charge in [-0.15, -0.1) is 0 Å². The quantitative estimate of drug-likeness (QED) is 0.774. The highest BCUT2D eigenvalue weighted by molar-refractivity contribution is 5.89. The number of nitrogens with zero attached hydrogens (tertiary/aromatic N) is 3. The van der Waals surface area contributed by atoms with Crippen molar-refractivity contribution in [2.75, 3.05) is 32.1 Å².